The summed E-state index contributed by atoms with van der Waals surface area (Å²) in [5, 5.41) is 11.5. The van der Waals surface area contributed by atoms with E-state index in [1.54, 1.807) is 5.48 Å². The van der Waals surface area contributed by atoms with Crippen LogP contribution in [0.5, 0.6) is 0 Å². The smallest absolute Gasteiger partial charge is 0.265 e. The third kappa shape index (κ3) is 12.3. The molecule has 0 saturated heterocycles. The summed E-state index contributed by atoms with van der Waals surface area (Å²) < 4.78 is 0. The number of hydrogen-bond acceptors (Lipinski definition) is 4. The fourth-order valence-electron chi connectivity index (χ4n) is 3.66. The molecular formula is C24H41N5O3. The van der Waals surface area contributed by atoms with Crippen LogP contribution < -0.4 is 22.3 Å². The van der Waals surface area contributed by atoms with E-state index in [4.69, 9.17) is 16.7 Å². The quantitative estimate of drug-likeness (QED) is 0.0869. The summed E-state index contributed by atoms with van der Waals surface area (Å²) in [5.41, 5.74) is 15.0. The summed E-state index contributed by atoms with van der Waals surface area (Å²) in [6.07, 6.45) is 9.45. The van der Waals surface area contributed by atoms with E-state index in [-0.39, 0.29) is 17.8 Å². The number of carbonyl (C=O) groups is 2. The van der Waals surface area contributed by atoms with Crippen molar-refractivity contribution in [2.75, 3.05) is 0 Å². The van der Waals surface area contributed by atoms with Gasteiger partial charge in [0, 0.05) is 6.42 Å². The van der Waals surface area contributed by atoms with Gasteiger partial charge in [0.15, 0.2) is 5.96 Å². The first kappa shape index (κ1) is 27.4. The lowest BCUT2D eigenvalue weighted by atomic mass is 10.00. The van der Waals surface area contributed by atoms with Gasteiger partial charge in [0.05, 0.1) is 6.54 Å². The van der Waals surface area contributed by atoms with Crippen LogP contribution in [0.1, 0.15) is 82.8 Å². The highest BCUT2D eigenvalue weighted by Crippen LogP contribution is 2.15. The Kier molecular flexibility index (Phi) is 13.8. The van der Waals surface area contributed by atoms with Gasteiger partial charge >= 0.3 is 0 Å². The van der Waals surface area contributed by atoms with Gasteiger partial charge in [0.25, 0.3) is 5.91 Å². The second kappa shape index (κ2) is 16.1. The molecule has 0 bridgehead atoms. The predicted octanol–water partition coefficient (Wildman–Crippen LogP) is 3.16. The maximum absolute atomic E-state index is 12.1. The number of aliphatic imine (C=N–C) groups is 1. The fraction of sp³-hybridized carbons (Fsp3) is 0.625. The molecular weight excluding hydrogens is 406 g/mol. The number of carbonyl (C=O) groups excluding carboxylic acids is 2. The van der Waals surface area contributed by atoms with E-state index in [0.717, 1.165) is 38.5 Å². The number of amides is 2. The summed E-state index contributed by atoms with van der Waals surface area (Å²) in [5.74, 6) is -0.350. The summed E-state index contributed by atoms with van der Waals surface area (Å²) in [6.45, 7) is 4.46. The van der Waals surface area contributed by atoms with Gasteiger partial charge in [-0.3, -0.25) is 14.8 Å². The van der Waals surface area contributed by atoms with Crippen LogP contribution in [0.25, 0.3) is 0 Å². The monoisotopic (exact) mass is 447 g/mol. The fourth-order valence-corrected chi connectivity index (χ4v) is 3.66. The van der Waals surface area contributed by atoms with E-state index < -0.39 is 11.9 Å². The van der Waals surface area contributed by atoms with E-state index >= 15 is 0 Å². The number of nitrogens with two attached hydrogens (primary N) is 2. The molecule has 0 unspecified atom stereocenters. The first-order valence-corrected chi connectivity index (χ1v) is 11.7. The molecule has 8 heteroatoms. The first-order valence-electron chi connectivity index (χ1n) is 11.7. The number of hydroxylamine groups is 1. The Morgan fingerprint density at radius 3 is 2.16 bits per heavy atom. The van der Waals surface area contributed by atoms with E-state index in [9.17, 15) is 9.59 Å². The van der Waals surface area contributed by atoms with Crippen LogP contribution in [0.15, 0.2) is 29.3 Å². The van der Waals surface area contributed by atoms with Crippen molar-refractivity contribution in [3.63, 3.8) is 0 Å². The predicted molar refractivity (Wildman–Crippen MR) is 128 cm³/mol. The number of benzene rings is 1. The lowest BCUT2D eigenvalue weighted by Crippen LogP contribution is -2.46. The third-order valence-electron chi connectivity index (χ3n) is 5.37. The molecule has 0 radical (unpaired) electrons. The number of hydrogen-bond donors (Lipinski definition) is 5. The zero-order chi connectivity index (χ0) is 23.8. The van der Waals surface area contributed by atoms with Crippen molar-refractivity contribution in [1.29, 1.82) is 0 Å². The number of aryl methyl sites for hydroxylation is 1. The van der Waals surface area contributed by atoms with Gasteiger partial charge in [-0.25, -0.2) is 10.5 Å². The topological polar surface area (TPSA) is 143 Å². The van der Waals surface area contributed by atoms with Gasteiger partial charge in [0.1, 0.15) is 6.04 Å². The van der Waals surface area contributed by atoms with Gasteiger partial charge in [-0.15, -0.1) is 0 Å². The van der Waals surface area contributed by atoms with Crippen molar-refractivity contribution in [2.45, 2.75) is 90.6 Å². The number of guanidine groups is 1. The summed E-state index contributed by atoms with van der Waals surface area (Å²) in [4.78, 5) is 27.9. The molecule has 0 spiro atoms. The molecule has 1 rings (SSSR count). The Balaban J connectivity index is 2.15. The molecule has 0 heterocycles. The van der Waals surface area contributed by atoms with Crippen molar-refractivity contribution in [3.8, 4) is 0 Å². The Bertz CT molecular complexity index is 717. The molecule has 1 aromatic rings. The van der Waals surface area contributed by atoms with E-state index in [0.29, 0.717) is 19.4 Å². The maximum Gasteiger partial charge on any atom is 0.265 e. The van der Waals surface area contributed by atoms with Crippen molar-refractivity contribution < 1.29 is 14.8 Å². The van der Waals surface area contributed by atoms with Crippen molar-refractivity contribution in [1.82, 2.24) is 10.8 Å². The molecule has 0 aliphatic rings. The highest BCUT2D eigenvalue weighted by Gasteiger charge is 2.21. The van der Waals surface area contributed by atoms with Crippen LogP contribution in [-0.4, -0.2) is 29.0 Å². The molecule has 1 aromatic carbocycles. The third-order valence-corrected chi connectivity index (χ3v) is 5.37. The summed E-state index contributed by atoms with van der Waals surface area (Å²) in [7, 11) is 0. The van der Waals surface area contributed by atoms with E-state index in [2.05, 4.69) is 22.4 Å². The number of nitrogens with one attached hydrogen (secondary N) is 2. The van der Waals surface area contributed by atoms with Crippen LogP contribution in [0.2, 0.25) is 0 Å². The molecule has 0 saturated carbocycles. The minimum absolute atomic E-state index is 0.114. The molecule has 8 nitrogen and oxygen atoms in total. The zero-order valence-electron chi connectivity index (χ0n) is 19.6. The zero-order valence-corrected chi connectivity index (χ0v) is 19.6. The van der Waals surface area contributed by atoms with E-state index in [1.807, 2.05) is 26.0 Å². The molecule has 0 fully saturated rings. The first-order chi connectivity index (χ1) is 15.3. The highest BCUT2D eigenvalue weighted by atomic mass is 16.5. The Labute approximate surface area is 192 Å². The minimum atomic E-state index is -0.683. The SMILES string of the molecule is CC(C)C[C@@H](NC(=O)CCCCCCCCCc1ccccc1CN=C(N)N)C(=O)NO. The highest BCUT2D eigenvalue weighted by molar-refractivity contribution is 5.86. The van der Waals surface area contributed by atoms with Crippen LogP contribution in [0, 0.1) is 5.92 Å². The normalized spacial score (nSPS) is 11.8. The van der Waals surface area contributed by atoms with Crippen LogP contribution in [0.3, 0.4) is 0 Å². The maximum atomic E-state index is 12.1. The average Bonchev–Trinajstić information content (AvgIpc) is 2.75. The van der Waals surface area contributed by atoms with Crippen LogP contribution in [-0.2, 0) is 22.6 Å². The van der Waals surface area contributed by atoms with Crippen LogP contribution in [0.4, 0.5) is 0 Å². The molecule has 0 aliphatic carbocycles. The molecule has 0 aliphatic heterocycles. The molecule has 32 heavy (non-hydrogen) atoms. The van der Waals surface area contributed by atoms with Gasteiger partial charge in [-0.2, -0.15) is 0 Å². The summed E-state index contributed by atoms with van der Waals surface area (Å²) >= 11 is 0. The Morgan fingerprint density at radius 2 is 1.56 bits per heavy atom. The number of nitrogens with zero attached hydrogens (tertiary/aromatic N) is 1. The van der Waals surface area contributed by atoms with Gasteiger partial charge < -0.3 is 16.8 Å². The number of unbranched alkanes of at least 4 members (excludes halogenated alkanes) is 6. The lowest BCUT2D eigenvalue weighted by Gasteiger charge is -2.18. The van der Waals surface area contributed by atoms with Crippen molar-refractivity contribution in [3.05, 3.63) is 35.4 Å². The van der Waals surface area contributed by atoms with Crippen molar-refractivity contribution >= 4 is 17.8 Å². The largest absolute Gasteiger partial charge is 0.370 e. The van der Waals surface area contributed by atoms with Gasteiger partial charge in [0.2, 0.25) is 5.91 Å². The molecule has 0 aromatic heterocycles. The van der Waals surface area contributed by atoms with Gasteiger partial charge in [-0.05, 0) is 42.7 Å². The average molecular weight is 448 g/mol. The molecule has 1 atom stereocenters. The molecule has 2 amide bonds. The molecule has 7 N–H and O–H groups in total. The summed E-state index contributed by atoms with van der Waals surface area (Å²) in [6, 6.07) is 7.58. The number of rotatable bonds is 16. The lowest BCUT2D eigenvalue weighted by molar-refractivity contribution is -0.135. The van der Waals surface area contributed by atoms with Crippen LogP contribution >= 0.6 is 0 Å². The second-order valence-electron chi connectivity index (χ2n) is 8.71. The Hall–Kier alpha value is -2.61. The second-order valence-corrected chi connectivity index (χ2v) is 8.71. The standard InChI is InChI=1S/C24H41N5O3/c1-18(2)16-21(23(31)29-32)28-22(30)15-9-7-5-3-4-6-8-12-19-13-10-11-14-20(19)17-27-24(25)26/h10-11,13-14,18,21,32H,3-9,12,15-17H2,1-2H3,(H,28,30)(H,29,31)(H4,25,26,27)/t21-/m1/s1. The molecule has 180 valence electrons. The minimum Gasteiger partial charge on any atom is -0.370 e. The Morgan fingerprint density at radius 1 is 0.969 bits per heavy atom. The van der Waals surface area contributed by atoms with E-state index in [1.165, 1.54) is 24.0 Å². The van der Waals surface area contributed by atoms with Gasteiger partial charge in [-0.1, -0.05) is 70.2 Å². The van der Waals surface area contributed by atoms with Crippen molar-refractivity contribution in [2.24, 2.45) is 22.4 Å².